The van der Waals surface area contributed by atoms with Crippen LogP contribution in [0.4, 0.5) is 5.69 Å². The number of anilines is 1. The molecule has 4 rings (SSSR count). The molecule has 0 heterocycles. The fraction of sp³-hybridized carbons (Fsp3) is 0.0370. The monoisotopic (exact) mass is 472 g/mol. The normalized spacial score (nSPS) is 10.5. The highest BCUT2D eigenvalue weighted by Gasteiger charge is 2.23. The largest absolute Gasteiger partial charge is 0.457 e. The number of rotatable bonds is 6. The number of benzene rings is 4. The number of carbonyl (C=O) groups excluding carboxylic acids is 1. The van der Waals surface area contributed by atoms with Crippen LogP contribution in [0.3, 0.4) is 0 Å². The minimum atomic E-state index is -0.470. The van der Waals surface area contributed by atoms with Gasteiger partial charge >= 0.3 is 0 Å². The van der Waals surface area contributed by atoms with E-state index in [0.29, 0.717) is 16.5 Å². The highest BCUT2D eigenvalue weighted by Crippen LogP contribution is 2.26. The zero-order chi connectivity index (χ0) is 23.0. The van der Waals surface area contributed by atoms with Crippen LogP contribution >= 0.6 is 23.8 Å². The van der Waals surface area contributed by atoms with Crippen LogP contribution in [0, 0.1) is 0 Å². The van der Waals surface area contributed by atoms with Crippen LogP contribution in [0.5, 0.6) is 11.5 Å². The molecule has 0 aliphatic carbocycles. The van der Waals surface area contributed by atoms with Gasteiger partial charge in [0.25, 0.3) is 0 Å². The molecule has 0 atom stereocenters. The van der Waals surface area contributed by atoms with Crippen LogP contribution in [0.25, 0.3) is 0 Å². The summed E-state index contributed by atoms with van der Waals surface area (Å²) in [6.07, 6.45) is 0. The van der Waals surface area contributed by atoms with Crippen molar-refractivity contribution in [2.24, 2.45) is 0 Å². The van der Waals surface area contributed by atoms with Gasteiger partial charge in [-0.3, -0.25) is 4.79 Å². The van der Waals surface area contributed by atoms with Gasteiger partial charge in [0, 0.05) is 10.7 Å². The predicted octanol–water partition coefficient (Wildman–Crippen LogP) is 6.78. The van der Waals surface area contributed by atoms with E-state index in [9.17, 15) is 4.79 Å². The molecule has 6 heteroatoms. The van der Waals surface area contributed by atoms with Gasteiger partial charge in [-0.05, 0) is 71.9 Å². The van der Waals surface area contributed by atoms with Gasteiger partial charge in [0.1, 0.15) is 11.5 Å². The lowest BCUT2D eigenvalue weighted by molar-refractivity contribution is -0.120. The van der Waals surface area contributed by atoms with Gasteiger partial charge in [0.05, 0.1) is 5.92 Å². The Kier molecular flexibility index (Phi) is 7.35. The number of thiocarbonyl (C=S) groups is 1. The van der Waals surface area contributed by atoms with E-state index in [1.54, 1.807) is 24.3 Å². The second kappa shape index (κ2) is 10.8. The highest BCUT2D eigenvalue weighted by atomic mass is 35.5. The van der Waals surface area contributed by atoms with E-state index in [4.69, 9.17) is 28.6 Å². The molecule has 0 saturated carbocycles. The summed E-state index contributed by atoms with van der Waals surface area (Å²) in [4.78, 5) is 13.2. The first-order valence-electron chi connectivity index (χ1n) is 10.3. The van der Waals surface area contributed by atoms with Crippen molar-refractivity contribution in [3.05, 3.63) is 125 Å². The van der Waals surface area contributed by atoms with Gasteiger partial charge in [-0.2, -0.15) is 0 Å². The molecule has 4 aromatic carbocycles. The van der Waals surface area contributed by atoms with Crippen LogP contribution in [0.2, 0.25) is 5.02 Å². The minimum Gasteiger partial charge on any atom is -0.457 e. The van der Waals surface area contributed by atoms with Gasteiger partial charge in [0.15, 0.2) is 5.11 Å². The topological polar surface area (TPSA) is 50.4 Å². The summed E-state index contributed by atoms with van der Waals surface area (Å²) in [5, 5.41) is 6.76. The van der Waals surface area contributed by atoms with E-state index in [-0.39, 0.29) is 11.0 Å². The molecule has 0 aromatic heterocycles. The Morgan fingerprint density at radius 2 is 1.21 bits per heavy atom. The van der Waals surface area contributed by atoms with E-state index in [1.165, 1.54) is 0 Å². The van der Waals surface area contributed by atoms with Crippen molar-refractivity contribution in [2.75, 3.05) is 5.32 Å². The Labute approximate surface area is 203 Å². The molecule has 4 aromatic rings. The molecule has 0 aliphatic heterocycles. The molecule has 4 nitrogen and oxygen atoms in total. The summed E-state index contributed by atoms with van der Waals surface area (Å²) in [5.74, 6) is 0.691. The molecule has 0 spiro atoms. The fourth-order valence-corrected chi connectivity index (χ4v) is 3.72. The van der Waals surface area contributed by atoms with Crippen molar-refractivity contribution in [3.63, 3.8) is 0 Å². The van der Waals surface area contributed by atoms with Crippen LogP contribution in [0.15, 0.2) is 109 Å². The van der Waals surface area contributed by atoms with Crippen molar-refractivity contribution in [3.8, 4) is 11.5 Å². The third kappa shape index (κ3) is 6.19. The lowest BCUT2D eigenvalue weighted by atomic mass is 9.90. The van der Waals surface area contributed by atoms with Crippen molar-refractivity contribution in [2.45, 2.75) is 5.92 Å². The van der Waals surface area contributed by atoms with Gasteiger partial charge in [-0.15, -0.1) is 0 Å². The van der Waals surface area contributed by atoms with E-state index in [0.717, 1.165) is 16.8 Å². The Balaban J connectivity index is 1.41. The second-order valence-corrected chi connectivity index (χ2v) is 8.12. The summed E-state index contributed by atoms with van der Waals surface area (Å²) < 4.78 is 5.80. The number of hydrogen-bond donors (Lipinski definition) is 2. The van der Waals surface area contributed by atoms with Crippen molar-refractivity contribution in [1.82, 2.24) is 5.32 Å². The zero-order valence-corrected chi connectivity index (χ0v) is 19.1. The van der Waals surface area contributed by atoms with Crippen molar-refractivity contribution < 1.29 is 9.53 Å². The number of ether oxygens (including phenoxy) is 1. The van der Waals surface area contributed by atoms with E-state index < -0.39 is 5.92 Å². The van der Waals surface area contributed by atoms with Crippen LogP contribution in [-0.4, -0.2) is 11.0 Å². The first-order chi connectivity index (χ1) is 16.1. The summed E-state index contributed by atoms with van der Waals surface area (Å²) in [6.45, 7) is 0. The maximum absolute atomic E-state index is 13.2. The van der Waals surface area contributed by atoms with E-state index in [2.05, 4.69) is 10.6 Å². The molecule has 1 amide bonds. The second-order valence-electron chi connectivity index (χ2n) is 7.28. The van der Waals surface area contributed by atoms with E-state index >= 15 is 0 Å². The highest BCUT2D eigenvalue weighted by molar-refractivity contribution is 7.80. The van der Waals surface area contributed by atoms with Gasteiger partial charge in [-0.25, -0.2) is 0 Å². The molecular weight excluding hydrogens is 452 g/mol. The summed E-state index contributed by atoms with van der Waals surface area (Å²) in [6, 6.07) is 33.7. The Hall–Kier alpha value is -3.67. The number of amides is 1. The van der Waals surface area contributed by atoms with Gasteiger partial charge < -0.3 is 15.4 Å². The number of carbonyl (C=O) groups is 1. The lowest BCUT2D eigenvalue weighted by Gasteiger charge is -2.18. The average Bonchev–Trinajstić information content (AvgIpc) is 2.83. The Morgan fingerprint density at radius 1 is 0.727 bits per heavy atom. The average molecular weight is 473 g/mol. The Morgan fingerprint density at radius 3 is 1.73 bits per heavy atom. The van der Waals surface area contributed by atoms with Gasteiger partial charge in [-0.1, -0.05) is 72.3 Å². The van der Waals surface area contributed by atoms with Crippen LogP contribution in [0.1, 0.15) is 17.0 Å². The standard InChI is InChI=1S/C27H21ClN2O2S/c28-21-11-15-23(16-12-21)32-24-17-13-22(14-18-24)29-27(33)30-26(31)25(19-7-3-1-4-8-19)20-9-5-2-6-10-20/h1-18,25H,(H2,29,30,31,33). The lowest BCUT2D eigenvalue weighted by Crippen LogP contribution is -2.37. The summed E-state index contributed by atoms with van der Waals surface area (Å²) in [7, 11) is 0. The molecular formula is C27H21ClN2O2S. The Bertz CT molecular complexity index is 1180. The smallest absolute Gasteiger partial charge is 0.238 e. The summed E-state index contributed by atoms with van der Waals surface area (Å²) in [5.41, 5.74) is 2.53. The van der Waals surface area contributed by atoms with Crippen molar-refractivity contribution in [1.29, 1.82) is 0 Å². The van der Waals surface area contributed by atoms with Crippen molar-refractivity contribution >= 4 is 40.5 Å². The number of hydrogen-bond acceptors (Lipinski definition) is 3. The SMILES string of the molecule is O=C(NC(=S)Nc1ccc(Oc2ccc(Cl)cc2)cc1)C(c1ccccc1)c1ccccc1. The first-order valence-corrected chi connectivity index (χ1v) is 11.1. The number of nitrogens with one attached hydrogen (secondary N) is 2. The van der Waals surface area contributed by atoms with Gasteiger partial charge in [0.2, 0.25) is 5.91 Å². The number of halogens is 1. The molecule has 164 valence electrons. The minimum absolute atomic E-state index is 0.201. The first kappa shape index (κ1) is 22.5. The molecule has 2 N–H and O–H groups in total. The predicted molar refractivity (Wildman–Crippen MR) is 137 cm³/mol. The van der Waals surface area contributed by atoms with Crippen LogP contribution < -0.4 is 15.4 Å². The molecule has 0 radical (unpaired) electrons. The molecule has 0 saturated heterocycles. The van der Waals surface area contributed by atoms with E-state index in [1.807, 2.05) is 84.9 Å². The molecule has 0 aliphatic rings. The quantitative estimate of drug-likeness (QED) is 0.304. The maximum Gasteiger partial charge on any atom is 0.238 e. The molecule has 33 heavy (non-hydrogen) atoms. The molecule has 0 fully saturated rings. The fourth-order valence-electron chi connectivity index (χ4n) is 3.38. The maximum atomic E-state index is 13.2. The zero-order valence-electron chi connectivity index (χ0n) is 17.6. The molecule has 0 unspecified atom stereocenters. The third-order valence-electron chi connectivity index (χ3n) is 4.93. The molecule has 0 bridgehead atoms. The summed E-state index contributed by atoms with van der Waals surface area (Å²) >= 11 is 11.3. The van der Waals surface area contributed by atoms with Crippen LogP contribution in [-0.2, 0) is 4.79 Å². The third-order valence-corrected chi connectivity index (χ3v) is 5.38.